The van der Waals surface area contributed by atoms with Crippen molar-refractivity contribution in [1.82, 2.24) is 9.55 Å². The van der Waals surface area contributed by atoms with Gasteiger partial charge in [-0.15, -0.1) is 0 Å². The molecule has 5 aromatic rings. The number of fused-ring (bicyclic) bond motifs is 2. The molecule has 9 heteroatoms. The summed E-state index contributed by atoms with van der Waals surface area (Å²) in [6.07, 6.45) is 0. The number of para-hydroxylation sites is 1. The average molecular weight is 533 g/mol. The second-order valence-corrected chi connectivity index (χ2v) is 8.89. The molecule has 2 aromatic heterocycles. The number of primary amides is 1. The van der Waals surface area contributed by atoms with Crippen LogP contribution in [0.3, 0.4) is 0 Å². The summed E-state index contributed by atoms with van der Waals surface area (Å²) in [5.41, 5.74) is 7.59. The van der Waals surface area contributed by atoms with Crippen molar-refractivity contribution in [3.63, 3.8) is 0 Å². The van der Waals surface area contributed by atoms with Gasteiger partial charge in [0.1, 0.15) is 23.5 Å². The lowest BCUT2D eigenvalue weighted by Gasteiger charge is -2.12. The monoisotopic (exact) mass is 532 g/mol. The normalized spacial score (nSPS) is 11.1. The number of ether oxygens (including phenoxy) is 1. The van der Waals surface area contributed by atoms with Crippen molar-refractivity contribution in [2.45, 2.75) is 13.5 Å². The Bertz CT molecular complexity index is 1610. The van der Waals surface area contributed by atoms with Gasteiger partial charge < -0.3 is 24.8 Å². The molecule has 0 atom stereocenters. The minimum atomic E-state index is -0.820. The Labute approximate surface area is 208 Å². The second kappa shape index (κ2) is 9.27. The van der Waals surface area contributed by atoms with Gasteiger partial charge in [-0.3, -0.25) is 4.79 Å². The summed E-state index contributed by atoms with van der Waals surface area (Å²) >= 11 is 3.45. The maximum atomic E-state index is 12.4. The Balaban J connectivity index is 1.60. The molecule has 5 rings (SSSR count). The predicted molar refractivity (Wildman–Crippen MR) is 138 cm³/mol. The lowest BCUT2D eigenvalue weighted by Crippen LogP contribution is -2.22. The number of nitrogens with two attached hydrogens (primary N) is 1. The van der Waals surface area contributed by atoms with Crippen LogP contribution in [0.2, 0.25) is 0 Å². The Morgan fingerprint density at radius 3 is 2.60 bits per heavy atom. The van der Waals surface area contributed by atoms with Crippen molar-refractivity contribution >= 4 is 55.5 Å². The van der Waals surface area contributed by atoms with Crippen molar-refractivity contribution in [3.8, 4) is 5.75 Å². The predicted octanol–water partition coefficient (Wildman–Crippen LogP) is 5.14. The highest BCUT2D eigenvalue weighted by Gasteiger charge is 2.19. The molecule has 8 nitrogen and oxygen atoms in total. The zero-order valence-corrected chi connectivity index (χ0v) is 20.3. The molecule has 0 saturated carbocycles. The SMILES string of the molecule is Cc1c(C(N)=O)c(=O)oc2cc3c(cc12)nc(Nc1ccc(Br)cc1)n3CCOc1ccccc1. The highest BCUT2D eigenvalue weighted by atomic mass is 79.9. The molecule has 0 fully saturated rings. The van der Waals surface area contributed by atoms with Crippen LogP contribution in [0, 0.1) is 6.92 Å². The Kier molecular flexibility index (Phi) is 6.00. The van der Waals surface area contributed by atoms with Gasteiger partial charge >= 0.3 is 5.63 Å². The molecular formula is C26H21BrN4O4. The summed E-state index contributed by atoms with van der Waals surface area (Å²) < 4.78 is 14.3. The third-order valence-corrected chi connectivity index (χ3v) is 6.24. The van der Waals surface area contributed by atoms with Gasteiger partial charge in [0, 0.05) is 21.6 Å². The first-order valence-electron chi connectivity index (χ1n) is 10.9. The number of hydrogen-bond donors (Lipinski definition) is 2. The van der Waals surface area contributed by atoms with E-state index in [2.05, 4.69) is 21.2 Å². The molecule has 3 N–H and O–H groups in total. The van der Waals surface area contributed by atoms with Gasteiger partial charge in [0.15, 0.2) is 0 Å². The number of halogens is 1. The number of aromatic nitrogens is 2. The highest BCUT2D eigenvalue weighted by Crippen LogP contribution is 2.29. The average Bonchev–Trinajstić information content (AvgIpc) is 3.16. The van der Waals surface area contributed by atoms with E-state index < -0.39 is 11.5 Å². The molecule has 1 amide bonds. The molecule has 0 radical (unpaired) electrons. The fourth-order valence-corrected chi connectivity index (χ4v) is 4.27. The van der Waals surface area contributed by atoms with Crippen molar-refractivity contribution in [2.24, 2.45) is 5.73 Å². The van der Waals surface area contributed by atoms with E-state index >= 15 is 0 Å². The minimum absolute atomic E-state index is 0.152. The number of carbonyl (C=O) groups excluding carboxylic acids is 1. The van der Waals surface area contributed by atoms with Crippen LogP contribution < -0.4 is 21.4 Å². The number of rotatable bonds is 7. The number of hydrogen-bond acceptors (Lipinski definition) is 6. The van der Waals surface area contributed by atoms with Crippen LogP contribution in [-0.4, -0.2) is 22.1 Å². The van der Waals surface area contributed by atoms with Gasteiger partial charge in [0.05, 0.1) is 17.6 Å². The summed E-state index contributed by atoms with van der Waals surface area (Å²) in [5, 5.41) is 3.96. The number of nitrogens with one attached hydrogen (secondary N) is 1. The standard InChI is InChI=1S/C26H21BrN4O4/c1-15-19-13-20-21(14-22(19)35-25(33)23(15)24(28)32)31(11-12-34-18-5-3-2-4-6-18)26(30-20)29-17-9-7-16(27)8-10-17/h2-10,13-14H,11-12H2,1H3,(H2,28,32)(H,29,30). The topological polar surface area (TPSA) is 112 Å². The molecule has 2 heterocycles. The number of benzene rings is 3. The fourth-order valence-electron chi connectivity index (χ4n) is 4.01. The Morgan fingerprint density at radius 2 is 1.89 bits per heavy atom. The van der Waals surface area contributed by atoms with E-state index in [1.165, 1.54) is 0 Å². The molecule has 0 unspecified atom stereocenters. The number of anilines is 2. The number of amides is 1. The van der Waals surface area contributed by atoms with E-state index in [0.717, 1.165) is 21.4 Å². The first kappa shape index (κ1) is 22.7. The number of nitrogens with zero attached hydrogens (tertiary/aromatic N) is 2. The molecule has 0 bridgehead atoms. The number of aryl methyl sites for hydroxylation is 1. The summed E-state index contributed by atoms with van der Waals surface area (Å²) in [4.78, 5) is 29.0. The van der Waals surface area contributed by atoms with Gasteiger partial charge in [-0.1, -0.05) is 34.1 Å². The first-order valence-corrected chi connectivity index (χ1v) is 11.7. The van der Waals surface area contributed by atoms with Gasteiger partial charge in [0.25, 0.3) is 5.91 Å². The van der Waals surface area contributed by atoms with E-state index in [9.17, 15) is 9.59 Å². The van der Waals surface area contributed by atoms with E-state index in [1.54, 1.807) is 19.1 Å². The van der Waals surface area contributed by atoms with Gasteiger partial charge in [-0.25, -0.2) is 9.78 Å². The quantitative estimate of drug-likeness (QED) is 0.281. The first-order chi connectivity index (χ1) is 16.9. The minimum Gasteiger partial charge on any atom is -0.492 e. The zero-order valence-electron chi connectivity index (χ0n) is 18.7. The van der Waals surface area contributed by atoms with Gasteiger partial charge in [0.2, 0.25) is 5.95 Å². The van der Waals surface area contributed by atoms with Crippen LogP contribution in [0.5, 0.6) is 5.75 Å². The maximum absolute atomic E-state index is 12.4. The summed E-state index contributed by atoms with van der Waals surface area (Å²) in [6, 6.07) is 20.9. The smallest absolute Gasteiger partial charge is 0.349 e. The molecule has 0 aliphatic rings. The van der Waals surface area contributed by atoms with E-state index in [-0.39, 0.29) is 5.56 Å². The van der Waals surface area contributed by atoms with E-state index in [0.29, 0.717) is 41.1 Å². The molecule has 3 aromatic carbocycles. The van der Waals surface area contributed by atoms with Crippen molar-refractivity contribution in [1.29, 1.82) is 0 Å². The Hall–Kier alpha value is -4.11. The lowest BCUT2D eigenvalue weighted by molar-refractivity contribution is 0.0996. The van der Waals surface area contributed by atoms with E-state index in [4.69, 9.17) is 19.9 Å². The largest absolute Gasteiger partial charge is 0.492 e. The van der Waals surface area contributed by atoms with Crippen molar-refractivity contribution in [3.05, 3.63) is 92.7 Å². The molecule has 176 valence electrons. The molecule has 0 spiro atoms. The van der Waals surface area contributed by atoms with Crippen LogP contribution in [-0.2, 0) is 6.54 Å². The zero-order chi connectivity index (χ0) is 24.5. The van der Waals surface area contributed by atoms with Crippen LogP contribution in [0.4, 0.5) is 11.6 Å². The number of carbonyl (C=O) groups is 1. The Morgan fingerprint density at radius 1 is 1.14 bits per heavy atom. The van der Waals surface area contributed by atoms with Crippen LogP contribution in [0.1, 0.15) is 15.9 Å². The van der Waals surface area contributed by atoms with Crippen molar-refractivity contribution < 1.29 is 13.9 Å². The summed E-state index contributed by atoms with van der Waals surface area (Å²) in [7, 11) is 0. The summed E-state index contributed by atoms with van der Waals surface area (Å²) in [5.74, 6) is 0.550. The molecule has 0 aliphatic carbocycles. The van der Waals surface area contributed by atoms with E-state index in [1.807, 2.05) is 59.2 Å². The molecular weight excluding hydrogens is 512 g/mol. The van der Waals surface area contributed by atoms with Gasteiger partial charge in [-0.05, 0) is 55.0 Å². The van der Waals surface area contributed by atoms with Crippen LogP contribution in [0.15, 0.2) is 80.4 Å². The molecule has 35 heavy (non-hydrogen) atoms. The molecule has 0 saturated heterocycles. The van der Waals surface area contributed by atoms with Gasteiger partial charge in [-0.2, -0.15) is 0 Å². The second-order valence-electron chi connectivity index (χ2n) is 7.97. The van der Waals surface area contributed by atoms with Crippen molar-refractivity contribution in [2.75, 3.05) is 11.9 Å². The summed E-state index contributed by atoms with van der Waals surface area (Å²) in [6.45, 7) is 2.56. The highest BCUT2D eigenvalue weighted by molar-refractivity contribution is 9.10. The lowest BCUT2D eigenvalue weighted by atomic mass is 10.1. The van der Waals surface area contributed by atoms with Crippen LogP contribution in [0.25, 0.3) is 22.0 Å². The third kappa shape index (κ3) is 4.50. The molecule has 0 aliphatic heterocycles. The maximum Gasteiger partial charge on any atom is 0.349 e. The fraction of sp³-hybridized carbons (Fsp3) is 0.115. The van der Waals surface area contributed by atoms with Crippen LogP contribution >= 0.6 is 15.9 Å². The number of imidazole rings is 1. The third-order valence-electron chi connectivity index (χ3n) is 5.71.